The average molecular weight is 404 g/mol. The molecule has 0 heterocycles. The standard InChI is InChI=1S/C17H19F3N2O6/c1-8(11(15(25)27-2)16(26)28-3)12(13(21)23)22-14(24)9-4-6-10(7-5-9)17(18,19)20/h4-8,11-12H,1-3H3,(H2,21,23)(H,22,24)/t8-,12-/m0/s1. The molecular formula is C17H19F3N2O6. The molecule has 0 aliphatic carbocycles. The molecule has 0 aliphatic heterocycles. The zero-order valence-corrected chi connectivity index (χ0v) is 15.2. The highest BCUT2D eigenvalue weighted by molar-refractivity contribution is 5.99. The van der Waals surface area contributed by atoms with Crippen LogP contribution in [0.2, 0.25) is 0 Å². The number of methoxy groups -OCH3 is 2. The summed E-state index contributed by atoms with van der Waals surface area (Å²) in [6.45, 7) is 1.29. The number of carbonyl (C=O) groups is 4. The van der Waals surface area contributed by atoms with Crippen molar-refractivity contribution in [2.45, 2.75) is 19.1 Å². The van der Waals surface area contributed by atoms with E-state index in [4.69, 9.17) is 5.73 Å². The summed E-state index contributed by atoms with van der Waals surface area (Å²) in [7, 11) is 2.04. The first-order chi connectivity index (χ1) is 12.9. The summed E-state index contributed by atoms with van der Waals surface area (Å²) in [5.74, 6) is -6.71. The van der Waals surface area contributed by atoms with E-state index < -0.39 is 53.4 Å². The van der Waals surface area contributed by atoms with Crippen LogP contribution in [0.1, 0.15) is 22.8 Å². The Morgan fingerprint density at radius 3 is 1.82 bits per heavy atom. The first kappa shape index (κ1) is 22.9. The molecule has 0 saturated carbocycles. The van der Waals surface area contributed by atoms with E-state index in [1.54, 1.807) is 0 Å². The molecule has 1 rings (SSSR count). The summed E-state index contributed by atoms with van der Waals surface area (Å²) in [5.41, 5.74) is 4.12. The van der Waals surface area contributed by atoms with Crippen molar-refractivity contribution < 1.29 is 41.8 Å². The van der Waals surface area contributed by atoms with Gasteiger partial charge in [0.05, 0.1) is 19.8 Å². The number of amides is 2. The van der Waals surface area contributed by atoms with Crippen molar-refractivity contribution >= 4 is 23.8 Å². The summed E-state index contributed by atoms with van der Waals surface area (Å²) < 4.78 is 46.8. The zero-order valence-electron chi connectivity index (χ0n) is 15.2. The number of esters is 2. The smallest absolute Gasteiger partial charge is 0.416 e. The van der Waals surface area contributed by atoms with Crippen molar-refractivity contribution in [3.8, 4) is 0 Å². The first-order valence-electron chi connectivity index (χ1n) is 7.87. The number of nitrogens with two attached hydrogens (primary N) is 1. The largest absolute Gasteiger partial charge is 0.468 e. The number of benzene rings is 1. The third kappa shape index (κ3) is 5.44. The van der Waals surface area contributed by atoms with Gasteiger partial charge in [-0.05, 0) is 24.3 Å². The number of hydrogen-bond acceptors (Lipinski definition) is 6. The first-order valence-corrected chi connectivity index (χ1v) is 7.87. The molecule has 11 heteroatoms. The highest BCUT2D eigenvalue weighted by atomic mass is 19.4. The van der Waals surface area contributed by atoms with Gasteiger partial charge in [-0.1, -0.05) is 6.92 Å². The monoisotopic (exact) mass is 404 g/mol. The van der Waals surface area contributed by atoms with Gasteiger partial charge in [-0.25, -0.2) is 0 Å². The van der Waals surface area contributed by atoms with E-state index in [-0.39, 0.29) is 5.56 Å². The number of ether oxygens (including phenoxy) is 2. The molecule has 8 nitrogen and oxygen atoms in total. The zero-order chi connectivity index (χ0) is 21.6. The SMILES string of the molecule is COC(=O)C(C(=O)OC)[C@H](C)[C@H](NC(=O)c1ccc(C(F)(F)F)cc1)C(N)=O. The lowest BCUT2D eigenvalue weighted by atomic mass is 9.86. The second kappa shape index (κ2) is 9.20. The molecule has 0 aromatic heterocycles. The molecule has 154 valence electrons. The van der Waals surface area contributed by atoms with E-state index in [0.29, 0.717) is 12.1 Å². The van der Waals surface area contributed by atoms with Gasteiger partial charge in [0, 0.05) is 11.5 Å². The van der Waals surface area contributed by atoms with Gasteiger partial charge >= 0.3 is 18.1 Å². The minimum atomic E-state index is -4.58. The molecule has 3 N–H and O–H groups in total. The molecular weight excluding hydrogens is 385 g/mol. The Morgan fingerprint density at radius 2 is 1.46 bits per heavy atom. The van der Waals surface area contributed by atoms with E-state index in [1.807, 2.05) is 0 Å². The van der Waals surface area contributed by atoms with E-state index in [2.05, 4.69) is 14.8 Å². The maximum atomic E-state index is 12.6. The third-order valence-electron chi connectivity index (χ3n) is 4.03. The number of halogens is 3. The van der Waals surface area contributed by atoms with Crippen LogP contribution in [0.4, 0.5) is 13.2 Å². The molecule has 0 fully saturated rings. The Bertz CT molecular complexity index is 732. The number of rotatable bonds is 7. The van der Waals surface area contributed by atoms with Crippen LogP contribution >= 0.6 is 0 Å². The lowest BCUT2D eigenvalue weighted by Crippen LogP contribution is -2.52. The van der Waals surface area contributed by atoms with Gasteiger partial charge < -0.3 is 20.5 Å². The van der Waals surface area contributed by atoms with Crippen LogP contribution < -0.4 is 11.1 Å². The molecule has 1 aromatic rings. The van der Waals surface area contributed by atoms with Gasteiger partial charge in [-0.3, -0.25) is 19.2 Å². The predicted octanol–water partition coefficient (Wildman–Crippen LogP) is 0.887. The quantitative estimate of drug-likeness (QED) is 0.514. The van der Waals surface area contributed by atoms with Gasteiger partial charge in [-0.2, -0.15) is 13.2 Å². The number of hydrogen-bond donors (Lipinski definition) is 2. The Morgan fingerprint density at radius 1 is 1.00 bits per heavy atom. The minimum Gasteiger partial charge on any atom is -0.468 e. The van der Waals surface area contributed by atoms with Crippen molar-refractivity contribution in [1.29, 1.82) is 0 Å². The van der Waals surface area contributed by atoms with Gasteiger partial charge in [-0.15, -0.1) is 0 Å². The molecule has 0 unspecified atom stereocenters. The third-order valence-corrected chi connectivity index (χ3v) is 4.03. The van der Waals surface area contributed by atoms with E-state index >= 15 is 0 Å². The van der Waals surface area contributed by atoms with Crippen LogP contribution in [0.3, 0.4) is 0 Å². The van der Waals surface area contributed by atoms with Crippen molar-refractivity contribution in [2.75, 3.05) is 14.2 Å². The van der Waals surface area contributed by atoms with E-state index in [1.165, 1.54) is 6.92 Å². The summed E-state index contributed by atoms with van der Waals surface area (Å²) >= 11 is 0. The minimum absolute atomic E-state index is 0.181. The summed E-state index contributed by atoms with van der Waals surface area (Å²) in [5, 5.41) is 2.22. The second-order valence-electron chi connectivity index (χ2n) is 5.81. The average Bonchev–Trinajstić information content (AvgIpc) is 2.64. The lowest BCUT2D eigenvalue weighted by molar-refractivity contribution is -0.162. The maximum absolute atomic E-state index is 12.6. The topological polar surface area (TPSA) is 125 Å². The molecule has 0 spiro atoms. The van der Waals surface area contributed by atoms with Gasteiger partial charge in [0.25, 0.3) is 5.91 Å². The molecule has 2 atom stereocenters. The normalized spacial score (nSPS) is 13.4. The van der Waals surface area contributed by atoms with Crippen LogP contribution in [-0.2, 0) is 30.0 Å². The molecule has 0 radical (unpaired) electrons. The number of nitrogens with one attached hydrogen (secondary N) is 1. The molecule has 28 heavy (non-hydrogen) atoms. The van der Waals surface area contributed by atoms with Gasteiger partial charge in [0.15, 0.2) is 5.92 Å². The molecule has 1 aromatic carbocycles. The molecule has 0 bridgehead atoms. The van der Waals surface area contributed by atoms with Crippen LogP contribution in [0, 0.1) is 11.8 Å². The van der Waals surface area contributed by atoms with Gasteiger partial charge in [0.1, 0.15) is 6.04 Å². The fraction of sp³-hybridized carbons (Fsp3) is 0.412. The van der Waals surface area contributed by atoms with Crippen molar-refractivity contribution in [1.82, 2.24) is 5.32 Å². The lowest BCUT2D eigenvalue weighted by Gasteiger charge is -2.26. The number of primary amides is 1. The second-order valence-corrected chi connectivity index (χ2v) is 5.81. The van der Waals surface area contributed by atoms with E-state index in [9.17, 15) is 32.3 Å². The highest BCUT2D eigenvalue weighted by Gasteiger charge is 2.41. The van der Waals surface area contributed by atoms with Crippen molar-refractivity contribution in [3.05, 3.63) is 35.4 Å². The van der Waals surface area contributed by atoms with Crippen LogP contribution in [0.15, 0.2) is 24.3 Å². The summed E-state index contributed by atoms with van der Waals surface area (Å²) in [6.07, 6.45) is -4.58. The summed E-state index contributed by atoms with van der Waals surface area (Å²) in [6, 6.07) is 1.72. The molecule has 0 aliphatic rings. The maximum Gasteiger partial charge on any atom is 0.416 e. The predicted molar refractivity (Wildman–Crippen MR) is 88.6 cm³/mol. The fourth-order valence-electron chi connectivity index (χ4n) is 2.47. The molecule has 0 saturated heterocycles. The van der Waals surface area contributed by atoms with Crippen molar-refractivity contribution in [3.63, 3.8) is 0 Å². The van der Waals surface area contributed by atoms with Crippen LogP contribution in [0.5, 0.6) is 0 Å². The number of carbonyl (C=O) groups excluding carboxylic acids is 4. The Labute approximate surface area is 158 Å². The Balaban J connectivity index is 3.08. The Kier molecular flexibility index (Phi) is 7.53. The Hall–Kier alpha value is -3.11. The van der Waals surface area contributed by atoms with Crippen LogP contribution in [0.25, 0.3) is 0 Å². The number of alkyl halides is 3. The summed E-state index contributed by atoms with van der Waals surface area (Å²) in [4.78, 5) is 47.8. The molecule has 2 amide bonds. The highest BCUT2D eigenvalue weighted by Crippen LogP contribution is 2.29. The van der Waals surface area contributed by atoms with Crippen molar-refractivity contribution in [2.24, 2.45) is 17.6 Å². The van der Waals surface area contributed by atoms with Gasteiger partial charge in [0.2, 0.25) is 5.91 Å². The van der Waals surface area contributed by atoms with E-state index in [0.717, 1.165) is 26.4 Å². The fourth-order valence-corrected chi connectivity index (χ4v) is 2.47. The van der Waals surface area contributed by atoms with Crippen LogP contribution in [-0.4, -0.2) is 44.0 Å².